The molecule has 0 saturated heterocycles. The molecule has 0 aromatic carbocycles. The van der Waals surface area contributed by atoms with Crippen LogP contribution in [0, 0.1) is 0 Å². The van der Waals surface area contributed by atoms with Crippen LogP contribution in [-0.2, 0) is 4.74 Å². The Kier molecular flexibility index (Phi) is 4.40. The summed E-state index contributed by atoms with van der Waals surface area (Å²) in [6.07, 6.45) is 0.318. The zero-order valence-corrected chi connectivity index (χ0v) is 12.6. The van der Waals surface area contributed by atoms with Crippen LogP contribution >= 0.6 is 22.6 Å². The molecule has 0 aromatic rings. The molecule has 0 spiro atoms. The number of halogens is 1. The Morgan fingerprint density at radius 1 is 1.53 bits per heavy atom. The number of rotatable bonds is 1. The van der Waals surface area contributed by atoms with Crippen molar-refractivity contribution in [2.24, 2.45) is 5.73 Å². The van der Waals surface area contributed by atoms with Crippen molar-refractivity contribution in [2.45, 2.75) is 32.8 Å². The lowest BCUT2D eigenvalue weighted by Crippen LogP contribution is -2.46. The lowest BCUT2D eigenvalue weighted by Gasteiger charge is -2.30. The number of ether oxygens (including phenoxy) is 1. The van der Waals surface area contributed by atoms with Gasteiger partial charge in [0, 0.05) is 41.3 Å². The summed E-state index contributed by atoms with van der Waals surface area (Å²) in [6.45, 7) is 6.54. The van der Waals surface area contributed by atoms with E-state index in [1.54, 1.807) is 4.90 Å². The van der Waals surface area contributed by atoms with Crippen molar-refractivity contribution in [3.8, 4) is 0 Å². The average molecular weight is 352 g/mol. The molecule has 0 bridgehead atoms. The van der Waals surface area contributed by atoms with E-state index in [2.05, 4.69) is 0 Å². The molecular weight excluding hydrogens is 333 g/mol. The monoisotopic (exact) mass is 352 g/mol. The van der Waals surface area contributed by atoms with Gasteiger partial charge in [0.1, 0.15) is 5.60 Å². The molecular formula is C11H19IN3O2+. The molecule has 0 aliphatic carbocycles. The Bertz CT molecular complexity index is 371. The smallest absolute Gasteiger partial charge is 0.410 e. The normalized spacial score (nSPS) is 17.1. The van der Waals surface area contributed by atoms with Crippen molar-refractivity contribution in [2.75, 3.05) is 13.1 Å². The van der Waals surface area contributed by atoms with Crippen LogP contribution in [0.25, 0.3) is 0 Å². The summed E-state index contributed by atoms with van der Waals surface area (Å²) in [5, 5.41) is 5.73. The van der Waals surface area contributed by atoms with Crippen LogP contribution in [0.5, 0.6) is 0 Å². The summed E-state index contributed by atoms with van der Waals surface area (Å²) in [5.41, 5.74) is 6.98. The summed E-state index contributed by atoms with van der Waals surface area (Å²) in [4.78, 5) is 13.5. The number of carbonyl (C=O) groups excluding carboxylic acids is 1. The Labute approximate surface area is 115 Å². The summed E-state index contributed by atoms with van der Waals surface area (Å²) in [5.74, 6) is 0. The standard InChI is InChI=1S/C11H18IN3O2/c1-11(2,3)17-10(16)15-5-4-8(13)7(6-15)9(12)14/h14H,4-6,13H2,1-3H3/p+1. The quantitative estimate of drug-likeness (QED) is 0.531. The van der Waals surface area contributed by atoms with E-state index in [-0.39, 0.29) is 6.09 Å². The van der Waals surface area contributed by atoms with Gasteiger partial charge in [0.05, 0.1) is 12.1 Å². The van der Waals surface area contributed by atoms with Gasteiger partial charge in [0.2, 0.25) is 3.72 Å². The lowest BCUT2D eigenvalue weighted by molar-refractivity contribution is -0.106. The molecule has 0 radical (unpaired) electrons. The van der Waals surface area contributed by atoms with Crippen molar-refractivity contribution < 1.29 is 14.9 Å². The van der Waals surface area contributed by atoms with Gasteiger partial charge in [0.25, 0.3) is 0 Å². The Hall–Kier alpha value is -0.790. The molecule has 4 N–H and O–H groups in total. The second-order valence-corrected chi connectivity index (χ2v) is 6.17. The van der Waals surface area contributed by atoms with Gasteiger partial charge >= 0.3 is 6.09 Å². The number of amides is 1. The van der Waals surface area contributed by atoms with E-state index < -0.39 is 5.60 Å². The predicted molar refractivity (Wildman–Crippen MR) is 74.6 cm³/mol. The van der Waals surface area contributed by atoms with E-state index in [4.69, 9.17) is 15.9 Å². The molecule has 1 rings (SSSR count). The van der Waals surface area contributed by atoms with Crippen molar-refractivity contribution >= 4 is 32.4 Å². The minimum absolute atomic E-state index is 0.319. The first-order chi connectivity index (χ1) is 7.70. The summed E-state index contributed by atoms with van der Waals surface area (Å²) in [7, 11) is 0. The van der Waals surface area contributed by atoms with Gasteiger partial charge in [-0.05, 0) is 20.8 Å². The van der Waals surface area contributed by atoms with Gasteiger partial charge in [-0.1, -0.05) is 0 Å². The van der Waals surface area contributed by atoms with Gasteiger partial charge in [-0.2, -0.15) is 0 Å². The Balaban J connectivity index is 2.72. The summed E-state index contributed by atoms with van der Waals surface area (Å²) in [6, 6.07) is 0. The number of hydrogen-bond donors (Lipinski definition) is 2. The number of carbonyl (C=O) groups is 1. The first-order valence-corrected chi connectivity index (χ1v) is 6.52. The maximum atomic E-state index is 11.9. The largest absolute Gasteiger partial charge is 0.444 e. The van der Waals surface area contributed by atoms with Crippen molar-refractivity contribution in [1.29, 1.82) is 0 Å². The number of nitrogens with two attached hydrogens (primary N) is 2. The van der Waals surface area contributed by atoms with Gasteiger partial charge in [-0.25, -0.2) is 10.2 Å². The van der Waals surface area contributed by atoms with Crippen LogP contribution < -0.4 is 11.1 Å². The van der Waals surface area contributed by atoms with Crippen LogP contribution in [0.1, 0.15) is 27.2 Å². The zero-order valence-electron chi connectivity index (χ0n) is 10.4. The molecule has 6 heteroatoms. The Morgan fingerprint density at radius 2 is 2.12 bits per heavy atom. The maximum Gasteiger partial charge on any atom is 0.410 e. The van der Waals surface area contributed by atoms with E-state index >= 15 is 0 Å². The highest BCUT2D eigenvalue weighted by Crippen LogP contribution is 2.19. The van der Waals surface area contributed by atoms with E-state index in [1.165, 1.54) is 0 Å². The minimum Gasteiger partial charge on any atom is -0.444 e. The van der Waals surface area contributed by atoms with Crippen molar-refractivity contribution in [3.63, 3.8) is 0 Å². The van der Waals surface area contributed by atoms with Gasteiger partial charge in [0.15, 0.2) is 0 Å². The topological polar surface area (TPSA) is 81.2 Å². The van der Waals surface area contributed by atoms with E-state index in [0.717, 1.165) is 11.3 Å². The molecule has 1 heterocycles. The highest BCUT2D eigenvalue weighted by atomic mass is 127. The summed E-state index contributed by atoms with van der Waals surface area (Å²) >= 11 is 2.02. The van der Waals surface area contributed by atoms with E-state index in [1.807, 2.05) is 43.4 Å². The highest BCUT2D eigenvalue weighted by molar-refractivity contribution is 14.1. The molecule has 96 valence electrons. The molecule has 5 nitrogen and oxygen atoms in total. The fraction of sp³-hybridized carbons (Fsp3) is 0.636. The molecule has 1 amide bonds. The van der Waals surface area contributed by atoms with Crippen LogP contribution in [0.4, 0.5) is 4.79 Å². The molecule has 0 atom stereocenters. The fourth-order valence-corrected chi connectivity index (χ4v) is 2.01. The minimum atomic E-state index is -0.483. The van der Waals surface area contributed by atoms with Crippen molar-refractivity contribution in [1.82, 2.24) is 4.90 Å². The maximum absolute atomic E-state index is 11.9. The van der Waals surface area contributed by atoms with E-state index in [0.29, 0.717) is 23.2 Å². The highest BCUT2D eigenvalue weighted by Gasteiger charge is 2.28. The van der Waals surface area contributed by atoms with Crippen LogP contribution in [0.15, 0.2) is 11.3 Å². The molecule has 0 aromatic heterocycles. The SMILES string of the molecule is CC(C)(C)OC(=O)N1CCC(N)=C(C(=[NH2+])I)C1. The predicted octanol–water partition coefficient (Wildman–Crippen LogP) is 0.433. The van der Waals surface area contributed by atoms with Gasteiger partial charge < -0.3 is 15.4 Å². The third kappa shape index (κ3) is 4.18. The van der Waals surface area contributed by atoms with Crippen molar-refractivity contribution in [3.05, 3.63) is 11.3 Å². The molecule has 0 unspecified atom stereocenters. The first-order valence-electron chi connectivity index (χ1n) is 5.44. The third-order valence-corrected chi connectivity index (χ3v) is 2.98. The van der Waals surface area contributed by atoms with Gasteiger partial charge in [-0.15, -0.1) is 0 Å². The number of hydrogen-bond acceptors (Lipinski definition) is 3. The Morgan fingerprint density at radius 3 is 2.59 bits per heavy atom. The molecule has 1 aliphatic heterocycles. The second-order valence-electron chi connectivity index (χ2n) is 5.00. The molecule has 0 saturated carbocycles. The fourth-order valence-electron chi connectivity index (χ4n) is 1.49. The molecule has 1 aliphatic rings. The third-order valence-electron chi connectivity index (χ3n) is 2.33. The van der Waals surface area contributed by atoms with Crippen LogP contribution in [-0.4, -0.2) is 33.4 Å². The zero-order chi connectivity index (χ0) is 13.2. The number of nitrogens with zero attached hydrogens (tertiary/aromatic N) is 1. The molecule has 0 fully saturated rings. The van der Waals surface area contributed by atoms with E-state index in [9.17, 15) is 4.79 Å². The average Bonchev–Trinajstić information content (AvgIpc) is 2.14. The second kappa shape index (κ2) is 5.24. The van der Waals surface area contributed by atoms with Crippen LogP contribution in [0.3, 0.4) is 0 Å². The van der Waals surface area contributed by atoms with Crippen LogP contribution in [0.2, 0.25) is 0 Å². The van der Waals surface area contributed by atoms with Gasteiger partial charge in [-0.3, -0.25) is 0 Å². The first kappa shape index (κ1) is 14.3. The lowest BCUT2D eigenvalue weighted by atomic mass is 10.1. The molecule has 17 heavy (non-hydrogen) atoms. The summed E-state index contributed by atoms with van der Waals surface area (Å²) < 4.78 is 5.94.